The fraction of sp³-hybridized carbons (Fsp3) is 0.462. The Labute approximate surface area is 132 Å². The summed E-state index contributed by atoms with van der Waals surface area (Å²) in [6.07, 6.45) is 1.05. The summed E-state index contributed by atoms with van der Waals surface area (Å²) in [7, 11) is -1.62. The Morgan fingerprint density at radius 1 is 1.33 bits per heavy atom. The van der Waals surface area contributed by atoms with Gasteiger partial charge < -0.3 is 10.6 Å². The third-order valence-electron chi connectivity index (χ3n) is 2.78. The molecule has 0 aromatic heterocycles. The molecule has 0 heterocycles. The molecular weight excluding hydrogens is 314 g/mol. The van der Waals surface area contributed by atoms with Gasteiger partial charge in [0.1, 0.15) is 0 Å². The topological polar surface area (TPSA) is 87.3 Å². The summed E-state index contributed by atoms with van der Waals surface area (Å²) in [4.78, 5) is 12.2. The van der Waals surface area contributed by atoms with Crippen molar-refractivity contribution in [2.45, 2.75) is 19.9 Å². The lowest BCUT2D eigenvalue weighted by Gasteiger charge is -2.14. The van der Waals surface area contributed by atoms with Crippen LogP contribution in [-0.4, -0.2) is 40.2 Å². The molecule has 1 amide bonds. The Morgan fingerprint density at radius 3 is 2.48 bits per heavy atom. The van der Waals surface area contributed by atoms with E-state index in [1.54, 1.807) is 25.2 Å². The highest BCUT2D eigenvalue weighted by Gasteiger charge is 2.14. The number of nitrogens with one attached hydrogen (secondary N) is 3. The molecule has 0 aliphatic rings. The van der Waals surface area contributed by atoms with E-state index in [0.717, 1.165) is 11.8 Å². The fourth-order valence-corrected chi connectivity index (χ4v) is 2.16. The van der Waals surface area contributed by atoms with Crippen molar-refractivity contribution in [1.82, 2.24) is 10.6 Å². The Balaban J connectivity index is 0.00000400. The molecule has 1 aromatic carbocycles. The number of rotatable bonds is 6. The van der Waals surface area contributed by atoms with Gasteiger partial charge in [0, 0.05) is 12.6 Å². The fourth-order valence-electron chi connectivity index (χ4n) is 1.58. The van der Waals surface area contributed by atoms with Gasteiger partial charge in [-0.25, -0.2) is 8.42 Å². The van der Waals surface area contributed by atoms with Crippen LogP contribution in [0, 0.1) is 6.92 Å². The minimum Gasteiger partial charge on any atom is -0.350 e. The van der Waals surface area contributed by atoms with E-state index in [1.807, 2.05) is 13.8 Å². The monoisotopic (exact) mass is 335 g/mol. The molecule has 1 atom stereocenters. The van der Waals surface area contributed by atoms with Crippen molar-refractivity contribution in [2.24, 2.45) is 0 Å². The number of sulfonamides is 1. The third kappa shape index (κ3) is 6.79. The van der Waals surface area contributed by atoms with Crippen LogP contribution in [0.1, 0.15) is 22.8 Å². The molecule has 6 nitrogen and oxygen atoms in total. The molecule has 1 rings (SSSR count). The molecule has 0 spiro atoms. The number of anilines is 1. The first-order valence-electron chi connectivity index (χ1n) is 6.27. The molecule has 21 heavy (non-hydrogen) atoms. The van der Waals surface area contributed by atoms with Crippen LogP contribution < -0.4 is 15.4 Å². The molecule has 8 heteroatoms. The van der Waals surface area contributed by atoms with Gasteiger partial charge in [0.2, 0.25) is 10.0 Å². The number of carbonyl (C=O) groups is 1. The second-order valence-electron chi connectivity index (χ2n) is 4.82. The van der Waals surface area contributed by atoms with Crippen molar-refractivity contribution in [2.75, 3.05) is 24.6 Å². The minimum atomic E-state index is -3.42. The number of likely N-dealkylation sites (N-methyl/N-ethyl adjacent to an activating group) is 1. The second kappa shape index (κ2) is 8.21. The molecule has 0 aliphatic heterocycles. The van der Waals surface area contributed by atoms with Crippen molar-refractivity contribution < 1.29 is 13.2 Å². The van der Waals surface area contributed by atoms with Gasteiger partial charge >= 0.3 is 0 Å². The van der Waals surface area contributed by atoms with Crippen LogP contribution in [0.25, 0.3) is 0 Å². The first kappa shape index (κ1) is 19.7. The largest absolute Gasteiger partial charge is 0.350 e. The van der Waals surface area contributed by atoms with Crippen LogP contribution in [0.15, 0.2) is 18.2 Å². The summed E-state index contributed by atoms with van der Waals surface area (Å²) >= 11 is 0. The van der Waals surface area contributed by atoms with Crippen molar-refractivity contribution in [3.63, 3.8) is 0 Å². The summed E-state index contributed by atoms with van der Waals surface area (Å²) in [6, 6.07) is 5.13. The zero-order valence-electron chi connectivity index (χ0n) is 12.6. The van der Waals surface area contributed by atoms with Gasteiger partial charge in [-0.15, -0.1) is 12.4 Å². The van der Waals surface area contributed by atoms with Gasteiger partial charge in [0.25, 0.3) is 5.91 Å². The van der Waals surface area contributed by atoms with Crippen LogP contribution in [-0.2, 0) is 10.0 Å². The van der Waals surface area contributed by atoms with Crippen LogP contribution in [0.2, 0.25) is 0 Å². The molecule has 0 fully saturated rings. The number of carbonyl (C=O) groups excluding carboxylic acids is 1. The number of amides is 1. The molecule has 3 N–H and O–H groups in total. The van der Waals surface area contributed by atoms with Crippen molar-refractivity contribution >= 4 is 34.0 Å². The predicted molar refractivity (Wildman–Crippen MR) is 87.7 cm³/mol. The summed E-state index contributed by atoms with van der Waals surface area (Å²) in [5.74, 6) is -0.304. The molecular formula is C13H22ClN3O3S. The van der Waals surface area contributed by atoms with E-state index in [4.69, 9.17) is 0 Å². The Kier molecular flexibility index (Phi) is 7.70. The zero-order chi connectivity index (χ0) is 15.3. The van der Waals surface area contributed by atoms with Crippen molar-refractivity contribution in [3.05, 3.63) is 29.3 Å². The summed E-state index contributed by atoms with van der Waals surface area (Å²) in [6.45, 7) is 4.24. The lowest BCUT2D eigenvalue weighted by molar-refractivity contribution is 0.0951. The highest BCUT2D eigenvalue weighted by molar-refractivity contribution is 7.92. The highest BCUT2D eigenvalue weighted by Crippen LogP contribution is 2.18. The van der Waals surface area contributed by atoms with Crippen LogP contribution in [0.3, 0.4) is 0 Å². The Bertz CT molecular complexity index is 590. The second-order valence-corrected chi connectivity index (χ2v) is 6.57. The molecule has 0 saturated heterocycles. The van der Waals surface area contributed by atoms with Crippen LogP contribution in [0.4, 0.5) is 5.69 Å². The predicted octanol–water partition coefficient (Wildman–Crippen LogP) is 1.13. The maximum Gasteiger partial charge on any atom is 0.253 e. The first-order chi connectivity index (χ1) is 9.23. The number of aryl methyl sites for hydroxylation is 1. The lowest BCUT2D eigenvalue weighted by Crippen LogP contribution is -2.37. The van der Waals surface area contributed by atoms with E-state index in [2.05, 4.69) is 15.4 Å². The van der Waals surface area contributed by atoms with Crippen LogP contribution in [0.5, 0.6) is 0 Å². The number of halogens is 1. The maximum absolute atomic E-state index is 12.2. The number of hydrogen-bond acceptors (Lipinski definition) is 4. The van der Waals surface area contributed by atoms with Gasteiger partial charge in [0.05, 0.1) is 17.5 Å². The molecule has 120 valence electrons. The van der Waals surface area contributed by atoms with Crippen molar-refractivity contribution in [3.8, 4) is 0 Å². The quantitative estimate of drug-likeness (QED) is 0.727. The van der Waals surface area contributed by atoms with Gasteiger partial charge in [-0.3, -0.25) is 9.52 Å². The molecule has 1 aromatic rings. The highest BCUT2D eigenvalue weighted by atomic mass is 35.5. The molecule has 0 radical (unpaired) electrons. The maximum atomic E-state index is 12.2. The standard InChI is InChI=1S/C13H21N3O3S.ClH/c1-9-5-6-12(16-20(4,18)19)11(7-9)13(17)15-8-10(2)14-3;/h5-7,10,14,16H,8H2,1-4H3,(H,15,17);1H. The lowest BCUT2D eigenvalue weighted by atomic mass is 10.1. The van der Waals surface area contributed by atoms with Gasteiger partial charge in [0.15, 0.2) is 0 Å². The zero-order valence-corrected chi connectivity index (χ0v) is 14.2. The summed E-state index contributed by atoms with van der Waals surface area (Å²) < 4.78 is 25.0. The normalized spacial score (nSPS) is 12.2. The van der Waals surface area contributed by atoms with E-state index >= 15 is 0 Å². The van der Waals surface area contributed by atoms with Crippen LogP contribution >= 0.6 is 12.4 Å². The molecule has 0 saturated carbocycles. The Hall–Kier alpha value is -1.31. The van der Waals surface area contributed by atoms with Gasteiger partial charge in [-0.05, 0) is 33.0 Å². The SMILES string of the molecule is CNC(C)CNC(=O)c1cc(C)ccc1NS(C)(=O)=O.Cl. The smallest absolute Gasteiger partial charge is 0.253 e. The van der Waals surface area contributed by atoms with E-state index in [0.29, 0.717) is 12.1 Å². The summed E-state index contributed by atoms with van der Waals surface area (Å²) in [5.41, 5.74) is 1.49. The van der Waals surface area contributed by atoms with E-state index < -0.39 is 10.0 Å². The minimum absolute atomic E-state index is 0. The summed E-state index contributed by atoms with van der Waals surface area (Å²) in [5, 5.41) is 5.78. The van der Waals surface area contributed by atoms with Crippen molar-refractivity contribution in [1.29, 1.82) is 0 Å². The Morgan fingerprint density at radius 2 is 1.95 bits per heavy atom. The third-order valence-corrected chi connectivity index (χ3v) is 3.37. The van der Waals surface area contributed by atoms with E-state index in [-0.39, 0.29) is 30.0 Å². The van der Waals surface area contributed by atoms with Gasteiger partial charge in [-0.1, -0.05) is 11.6 Å². The molecule has 0 bridgehead atoms. The number of benzene rings is 1. The van der Waals surface area contributed by atoms with Gasteiger partial charge in [-0.2, -0.15) is 0 Å². The van der Waals surface area contributed by atoms with E-state index in [9.17, 15) is 13.2 Å². The average molecular weight is 336 g/mol. The number of hydrogen-bond donors (Lipinski definition) is 3. The van der Waals surface area contributed by atoms with E-state index in [1.165, 1.54) is 0 Å². The molecule has 1 unspecified atom stereocenters. The molecule has 0 aliphatic carbocycles. The first-order valence-corrected chi connectivity index (χ1v) is 8.16. The average Bonchev–Trinajstić information content (AvgIpc) is 2.36.